The Labute approximate surface area is 790 Å². The first-order valence-electron chi connectivity index (χ1n) is 43.0. The van der Waals surface area contributed by atoms with Crippen LogP contribution in [0, 0.1) is 48.5 Å². The standard InChI is InChI=1S/C28H27NO2.C19H17NO2.C14H13NO.C13H13NO2S.C13H13NO.C12H12N2O.C8H9NO2.C7H9N/c1-20-4-12-24(13-5-20)30-25-14-6-21(7-15-25)28(2,3)22-8-16-26(17-9-22)31-27-18-10-23(29)11-19-27;1-14-5-9-16(10-6-14)21-18-3-2-4-19(13-18)22-17-11-7-15(20)8-12-17;1-10-4-2-5-11(8-10)14(16)12-6-3-7-13(15)9-12;1-10-2-6-12(7-3-10)17(15,16)13-8-4-11(14)5-9-13;1-10-2-6-12(7-3-10)15-13-8-4-11(14)5-9-13;13-9-4-6-11(7-5-9)15-12-3-1-2-10(14)8-12;1-5-2-6(8(10)11)4-7(9)3-5;1-6-3-2-4-7(8)5-6/h4-19H,29H2,1-3H3;2-13H,20H2,1H3;2-9H,15H2,1H3;2-9H,14H2,1H3;2-9H,14H2,1H3;1-8H,13-14H2;2-4H,9H2,1H3,(H,10,11);2-5H,8H2,1H3. The van der Waals surface area contributed by atoms with Crippen molar-refractivity contribution in [2.45, 2.75) is 77.5 Å². The molecule has 0 spiro atoms. The molecule has 17 rings (SSSR count). The van der Waals surface area contributed by atoms with E-state index in [0.29, 0.717) is 44.5 Å². The van der Waals surface area contributed by atoms with Crippen LogP contribution in [0.1, 0.15) is 90.2 Å². The van der Waals surface area contributed by atoms with Crippen molar-refractivity contribution in [1.82, 2.24) is 0 Å². The second kappa shape index (κ2) is 49.0. The molecule has 0 amide bonds. The molecule has 686 valence electrons. The number of sulfone groups is 1. The monoisotopic (exact) mass is 1820 g/mol. The maximum atomic E-state index is 12.2. The molecule has 0 saturated carbocycles. The van der Waals surface area contributed by atoms with Crippen LogP contribution in [0.5, 0.6) is 69.0 Å². The third-order valence-corrected chi connectivity index (χ3v) is 21.9. The van der Waals surface area contributed by atoms with Crippen LogP contribution < -0.4 is 80.0 Å². The van der Waals surface area contributed by atoms with Crippen LogP contribution in [-0.4, -0.2) is 25.3 Å². The molecule has 0 fully saturated rings. The number of carboxylic acids is 1. The van der Waals surface area contributed by atoms with Crippen molar-refractivity contribution in [3.8, 4) is 69.0 Å². The molecular formula is C114H113N9O11S. The minimum Gasteiger partial charge on any atom is -0.478 e. The van der Waals surface area contributed by atoms with Gasteiger partial charge in [0.15, 0.2) is 5.78 Å². The highest BCUT2D eigenvalue weighted by atomic mass is 32.2. The van der Waals surface area contributed by atoms with Gasteiger partial charge in [-0.05, 0) is 338 Å². The molecule has 19 N–H and O–H groups in total. The molecule has 0 saturated heterocycles. The third-order valence-electron chi connectivity index (χ3n) is 20.2. The van der Waals surface area contributed by atoms with Gasteiger partial charge in [-0.25, -0.2) is 13.2 Å². The van der Waals surface area contributed by atoms with Crippen molar-refractivity contribution in [2.24, 2.45) is 0 Å². The second-order valence-electron chi connectivity index (χ2n) is 32.1. The number of anilines is 9. The number of rotatable bonds is 19. The van der Waals surface area contributed by atoms with Crippen molar-refractivity contribution in [2.75, 3.05) is 51.6 Å². The van der Waals surface area contributed by atoms with E-state index < -0.39 is 15.8 Å². The summed E-state index contributed by atoms with van der Waals surface area (Å²) in [6.45, 7) is 18.3. The van der Waals surface area contributed by atoms with Crippen LogP contribution >= 0.6 is 0 Å². The third kappa shape index (κ3) is 33.4. The molecule has 0 unspecified atom stereocenters. The first-order valence-corrected chi connectivity index (χ1v) is 44.5. The lowest BCUT2D eigenvalue weighted by Crippen LogP contribution is -2.18. The predicted molar refractivity (Wildman–Crippen MR) is 551 cm³/mol. The highest BCUT2D eigenvalue weighted by molar-refractivity contribution is 7.91. The molecular weight excluding hydrogens is 1700 g/mol. The van der Waals surface area contributed by atoms with Crippen LogP contribution in [0.25, 0.3) is 0 Å². The molecule has 0 heterocycles. The highest BCUT2D eigenvalue weighted by Crippen LogP contribution is 2.37. The molecule has 0 aliphatic heterocycles. The smallest absolute Gasteiger partial charge is 0.335 e. The van der Waals surface area contributed by atoms with E-state index >= 15 is 0 Å². The number of benzene rings is 17. The summed E-state index contributed by atoms with van der Waals surface area (Å²) in [6.07, 6.45) is 0. The number of carbonyl (C=O) groups excluding carboxylic acids is 1. The molecule has 0 aromatic heterocycles. The fourth-order valence-electron chi connectivity index (χ4n) is 12.7. The van der Waals surface area contributed by atoms with Gasteiger partial charge in [0.05, 0.1) is 15.4 Å². The summed E-state index contributed by atoms with van der Waals surface area (Å²) in [7, 11) is -3.43. The van der Waals surface area contributed by atoms with Crippen LogP contribution in [0.3, 0.4) is 0 Å². The van der Waals surface area contributed by atoms with Gasteiger partial charge in [0.1, 0.15) is 69.0 Å². The maximum Gasteiger partial charge on any atom is 0.335 e. The molecule has 21 heteroatoms. The Balaban J connectivity index is 0.000000164. The second-order valence-corrected chi connectivity index (χ2v) is 34.1. The van der Waals surface area contributed by atoms with Gasteiger partial charge in [0.2, 0.25) is 9.84 Å². The zero-order chi connectivity index (χ0) is 97.0. The van der Waals surface area contributed by atoms with Crippen molar-refractivity contribution in [1.29, 1.82) is 0 Å². The van der Waals surface area contributed by atoms with Crippen LogP contribution in [0.15, 0.2) is 416 Å². The average Bonchev–Trinajstić information content (AvgIpc) is 0.813. The van der Waals surface area contributed by atoms with Gasteiger partial charge in [-0.3, -0.25) is 4.79 Å². The molecule has 20 nitrogen and oxygen atoms in total. The number of ketones is 1. The Morgan fingerprint density at radius 1 is 0.222 bits per heavy atom. The van der Waals surface area contributed by atoms with Crippen molar-refractivity contribution in [3.05, 3.63) is 473 Å². The maximum absolute atomic E-state index is 12.2. The van der Waals surface area contributed by atoms with E-state index in [1.165, 1.54) is 51.6 Å². The Hall–Kier alpha value is -17.2. The van der Waals surface area contributed by atoms with Crippen LogP contribution in [0.2, 0.25) is 0 Å². The molecule has 0 radical (unpaired) electrons. The molecule has 17 aromatic rings. The van der Waals surface area contributed by atoms with E-state index in [1.807, 2.05) is 315 Å². The van der Waals surface area contributed by atoms with E-state index in [9.17, 15) is 18.0 Å². The zero-order valence-electron chi connectivity index (χ0n) is 76.8. The molecule has 0 aliphatic carbocycles. The van der Waals surface area contributed by atoms with Crippen molar-refractivity contribution >= 4 is 72.8 Å². The van der Waals surface area contributed by atoms with Gasteiger partial charge < -0.3 is 85.1 Å². The number of aromatic carboxylic acids is 1. The SMILES string of the molecule is Cc1cc(N)cc(C(=O)O)c1.Cc1ccc(Oc2ccc(C(C)(C)c3ccc(Oc4ccc(N)cc4)cc3)cc2)cc1.Cc1ccc(Oc2ccc(N)cc2)cc1.Cc1ccc(Oc2cccc(Oc3ccc(N)cc3)c2)cc1.Cc1ccc(S(=O)(=O)c2ccc(N)cc2)cc1.Cc1cccc(C(=O)c2cccc(N)c2)c1.Cc1cccc(N)c1.Nc1ccc(Oc2cccc(N)c2)cc1. The predicted octanol–water partition coefficient (Wildman–Crippen LogP) is 26.7. The molecule has 0 atom stereocenters. The number of hydrogen-bond donors (Lipinski definition) is 10. The fraction of sp³-hybridized carbons (Fsp3) is 0.0877. The zero-order valence-corrected chi connectivity index (χ0v) is 77.6. The number of nitrogens with two attached hydrogens (primary N) is 9. The van der Waals surface area contributed by atoms with Crippen molar-refractivity contribution in [3.63, 3.8) is 0 Å². The minimum atomic E-state index is -3.43. The van der Waals surface area contributed by atoms with Gasteiger partial charge in [-0.1, -0.05) is 169 Å². The van der Waals surface area contributed by atoms with Gasteiger partial charge in [0, 0.05) is 79.9 Å². The summed E-state index contributed by atoms with van der Waals surface area (Å²) in [5.41, 5.74) is 68.0. The summed E-state index contributed by atoms with van der Waals surface area (Å²) < 4.78 is 59.1. The van der Waals surface area contributed by atoms with E-state index in [-0.39, 0.29) is 21.7 Å². The van der Waals surface area contributed by atoms with Crippen molar-refractivity contribution < 1.29 is 51.5 Å². The van der Waals surface area contributed by atoms with E-state index in [2.05, 4.69) is 45.0 Å². The van der Waals surface area contributed by atoms with Gasteiger partial charge in [0.25, 0.3) is 0 Å². The average molecular weight is 1820 g/mol. The number of carbonyl (C=O) groups is 2. The van der Waals surface area contributed by atoms with Crippen LogP contribution in [-0.2, 0) is 15.3 Å². The number of aryl methyl sites for hydroxylation is 7. The lowest BCUT2D eigenvalue weighted by atomic mass is 9.78. The summed E-state index contributed by atoms with van der Waals surface area (Å²) in [6, 6.07) is 125. The van der Waals surface area contributed by atoms with E-state index in [0.717, 1.165) is 108 Å². The summed E-state index contributed by atoms with van der Waals surface area (Å²) >= 11 is 0. The molecule has 135 heavy (non-hydrogen) atoms. The summed E-state index contributed by atoms with van der Waals surface area (Å²) in [5.74, 6) is 8.40. The molecule has 0 bridgehead atoms. The highest BCUT2D eigenvalue weighted by Gasteiger charge is 2.24. The van der Waals surface area contributed by atoms with Gasteiger partial charge in [-0.15, -0.1) is 0 Å². The number of ether oxygens (including phenoxy) is 6. The van der Waals surface area contributed by atoms with E-state index in [1.54, 1.807) is 91.0 Å². The molecule has 17 aromatic carbocycles. The number of nitrogen functional groups attached to an aromatic ring is 9. The molecule has 0 aliphatic rings. The summed E-state index contributed by atoms with van der Waals surface area (Å²) in [4.78, 5) is 23.1. The largest absolute Gasteiger partial charge is 0.478 e. The summed E-state index contributed by atoms with van der Waals surface area (Å²) in [5, 5.41) is 8.58. The first kappa shape index (κ1) is 100.0. The topological polar surface area (TPSA) is 378 Å². The van der Waals surface area contributed by atoms with Crippen LogP contribution in [0.4, 0.5) is 51.2 Å². The lowest BCUT2D eigenvalue weighted by Gasteiger charge is -2.26. The Morgan fingerprint density at radius 2 is 0.459 bits per heavy atom. The normalized spacial score (nSPS) is 10.4. The fourth-order valence-corrected chi connectivity index (χ4v) is 14.0. The first-order chi connectivity index (χ1) is 64.6. The Morgan fingerprint density at radius 3 is 0.770 bits per heavy atom. The Kier molecular flexibility index (Phi) is 36.3. The minimum absolute atomic E-state index is 0.0102. The van der Waals surface area contributed by atoms with E-state index in [4.69, 9.17) is 85.1 Å². The van der Waals surface area contributed by atoms with Gasteiger partial charge >= 0.3 is 5.97 Å². The number of hydrogen-bond acceptors (Lipinski definition) is 19. The quantitative estimate of drug-likeness (QED) is 0.0265. The lowest BCUT2D eigenvalue weighted by molar-refractivity contribution is 0.0696. The number of carboxylic acid groups (broad SMARTS) is 1. The Bertz CT molecular complexity index is 6420. The van der Waals surface area contributed by atoms with Gasteiger partial charge in [-0.2, -0.15) is 0 Å².